The lowest BCUT2D eigenvalue weighted by molar-refractivity contribution is -0.137. The molecule has 0 atom stereocenters. The van der Waals surface area contributed by atoms with E-state index in [1.165, 1.54) is 0 Å². The van der Waals surface area contributed by atoms with E-state index in [0.29, 0.717) is 12.5 Å². The third-order valence-corrected chi connectivity index (χ3v) is 3.80. The average Bonchev–Trinajstić information content (AvgIpc) is 2.49. The Kier molecular flexibility index (Phi) is 6.02. The zero-order valence-electron chi connectivity index (χ0n) is 12.2. The van der Waals surface area contributed by atoms with Gasteiger partial charge in [0, 0.05) is 13.1 Å². The predicted octanol–water partition coefficient (Wildman–Crippen LogP) is 1.66. The molecule has 0 aliphatic carbocycles. The first-order valence-electron chi connectivity index (χ1n) is 7.33. The highest BCUT2D eigenvalue weighted by Gasteiger charge is 2.22. The normalized spacial score (nSPS) is 16.4. The molecule has 1 aliphatic rings. The van der Waals surface area contributed by atoms with E-state index in [1.54, 1.807) is 0 Å². The molecule has 0 radical (unpaired) electrons. The summed E-state index contributed by atoms with van der Waals surface area (Å²) in [5.74, 6) is 0.818. The molecule has 1 aromatic rings. The molecule has 4 heteroatoms. The first kappa shape index (κ1) is 15.0. The summed E-state index contributed by atoms with van der Waals surface area (Å²) in [6.07, 6.45) is 2.18. The van der Waals surface area contributed by atoms with E-state index in [2.05, 4.69) is 5.32 Å². The molecule has 4 nitrogen and oxygen atoms in total. The number of benzene rings is 1. The van der Waals surface area contributed by atoms with Crippen LogP contribution in [0.4, 0.5) is 0 Å². The van der Waals surface area contributed by atoms with Gasteiger partial charge in [0.1, 0.15) is 6.61 Å². The number of hydrogen-bond donors (Lipinski definition) is 1. The van der Waals surface area contributed by atoms with E-state index in [1.807, 2.05) is 42.3 Å². The highest BCUT2D eigenvalue weighted by Crippen LogP contribution is 2.16. The van der Waals surface area contributed by atoms with Gasteiger partial charge in [-0.05, 0) is 37.9 Å². The van der Waals surface area contributed by atoms with Crippen molar-refractivity contribution >= 4 is 5.91 Å². The van der Waals surface area contributed by atoms with Crippen molar-refractivity contribution in [1.29, 1.82) is 0 Å². The highest BCUT2D eigenvalue weighted by atomic mass is 16.5. The molecular formula is C16H24N2O2. The summed E-state index contributed by atoms with van der Waals surface area (Å²) in [6, 6.07) is 9.95. The SMILES string of the molecule is CNCC1CCN(C(=O)COCc2ccccc2)CC1. The molecule has 1 aromatic carbocycles. The molecule has 110 valence electrons. The second kappa shape index (κ2) is 8.02. The Bertz CT molecular complexity index is 400. The van der Waals surface area contributed by atoms with Crippen molar-refractivity contribution in [3.05, 3.63) is 35.9 Å². The van der Waals surface area contributed by atoms with Gasteiger partial charge in [0.15, 0.2) is 0 Å². The second-order valence-corrected chi connectivity index (χ2v) is 5.36. The Labute approximate surface area is 121 Å². The third kappa shape index (κ3) is 4.62. The van der Waals surface area contributed by atoms with Gasteiger partial charge in [-0.3, -0.25) is 4.79 Å². The van der Waals surface area contributed by atoms with Gasteiger partial charge in [-0.15, -0.1) is 0 Å². The summed E-state index contributed by atoms with van der Waals surface area (Å²) < 4.78 is 5.51. The number of carbonyl (C=O) groups excluding carboxylic acids is 1. The number of hydrogen-bond acceptors (Lipinski definition) is 3. The zero-order valence-corrected chi connectivity index (χ0v) is 12.2. The van der Waals surface area contributed by atoms with Crippen LogP contribution in [0.5, 0.6) is 0 Å². The number of ether oxygens (including phenoxy) is 1. The maximum atomic E-state index is 12.0. The topological polar surface area (TPSA) is 41.6 Å². The molecule has 1 amide bonds. The maximum Gasteiger partial charge on any atom is 0.248 e. The summed E-state index contributed by atoms with van der Waals surface area (Å²) in [5, 5.41) is 3.21. The minimum absolute atomic E-state index is 0.115. The fraction of sp³-hybridized carbons (Fsp3) is 0.562. The maximum absolute atomic E-state index is 12.0. The highest BCUT2D eigenvalue weighted by molar-refractivity contribution is 5.77. The van der Waals surface area contributed by atoms with Crippen molar-refractivity contribution in [3.8, 4) is 0 Å². The quantitative estimate of drug-likeness (QED) is 0.859. The molecular weight excluding hydrogens is 252 g/mol. The Morgan fingerprint density at radius 3 is 2.65 bits per heavy atom. The van der Waals surface area contributed by atoms with E-state index >= 15 is 0 Å². The number of nitrogens with zero attached hydrogens (tertiary/aromatic N) is 1. The third-order valence-electron chi connectivity index (χ3n) is 3.80. The van der Waals surface area contributed by atoms with Crippen LogP contribution in [0.3, 0.4) is 0 Å². The lowest BCUT2D eigenvalue weighted by Gasteiger charge is -2.31. The molecule has 1 heterocycles. The second-order valence-electron chi connectivity index (χ2n) is 5.36. The van der Waals surface area contributed by atoms with E-state index in [4.69, 9.17) is 4.74 Å². The number of nitrogens with one attached hydrogen (secondary N) is 1. The van der Waals surface area contributed by atoms with Gasteiger partial charge in [-0.25, -0.2) is 0 Å². The van der Waals surface area contributed by atoms with E-state index in [9.17, 15) is 4.79 Å². The van der Waals surface area contributed by atoms with Gasteiger partial charge < -0.3 is 15.0 Å². The fourth-order valence-electron chi connectivity index (χ4n) is 2.60. The van der Waals surface area contributed by atoms with Crippen LogP contribution in [0.2, 0.25) is 0 Å². The van der Waals surface area contributed by atoms with Gasteiger partial charge in [0.05, 0.1) is 6.61 Å². The van der Waals surface area contributed by atoms with Crippen LogP contribution >= 0.6 is 0 Å². The number of amides is 1. The number of rotatable bonds is 6. The van der Waals surface area contributed by atoms with E-state index < -0.39 is 0 Å². The van der Waals surface area contributed by atoms with Gasteiger partial charge >= 0.3 is 0 Å². The van der Waals surface area contributed by atoms with Gasteiger partial charge in [0.2, 0.25) is 5.91 Å². The summed E-state index contributed by atoms with van der Waals surface area (Å²) in [6.45, 7) is 3.46. The molecule has 0 bridgehead atoms. The standard InChI is InChI=1S/C16H24N2O2/c1-17-11-14-7-9-18(10-8-14)16(19)13-20-12-15-5-3-2-4-6-15/h2-6,14,17H,7-13H2,1H3. The van der Waals surface area contributed by atoms with Crippen molar-refractivity contribution < 1.29 is 9.53 Å². The van der Waals surface area contributed by atoms with Crippen molar-refractivity contribution in [1.82, 2.24) is 10.2 Å². The Balaban J connectivity index is 1.66. The lowest BCUT2D eigenvalue weighted by Crippen LogP contribution is -2.42. The zero-order chi connectivity index (χ0) is 14.2. The molecule has 1 aliphatic heterocycles. The Hall–Kier alpha value is -1.39. The van der Waals surface area contributed by atoms with Crippen molar-refractivity contribution in [3.63, 3.8) is 0 Å². The van der Waals surface area contributed by atoms with Crippen LogP contribution in [-0.4, -0.2) is 44.1 Å². The van der Waals surface area contributed by atoms with Crippen LogP contribution in [0.1, 0.15) is 18.4 Å². The monoisotopic (exact) mass is 276 g/mol. The summed E-state index contributed by atoms with van der Waals surface area (Å²) in [4.78, 5) is 14.0. The Morgan fingerprint density at radius 1 is 1.30 bits per heavy atom. The molecule has 1 fully saturated rings. The van der Waals surface area contributed by atoms with Crippen LogP contribution < -0.4 is 5.32 Å². The number of carbonyl (C=O) groups is 1. The van der Waals surface area contributed by atoms with Crippen molar-refractivity contribution in [2.24, 2.45) is 5.92 Å². The molecule has 0 aromatic heterocycles. The largest absolute Gasteiger partial charge is 0.367 e. The minimum atomic E-state index is 0.115. The molecule has 0 spiro atoms. The van der Waals surface area contributed by atoms with Crippen LogP contribution in [-0.2, 0) is 16.1 Å². The first-order chi connectivity index (χ1) is 9.79. The van der Waals surface area contributed by atoms with Gasteiger partial charge in [-0.2, -0.15) is 0 Å². The summed E-state index contributed by atoms with van der Waals surface area (Å²) >= 11 is 0. The molecule has 1 N–H and O–H groups in total. The van der Waals surface area contributed by atoms with E-state index in [-0.39, 0.29) is 12.5 Å². The van der Waals surface area contributed by atoms with E-state index in [0.717, 1.165) is 38.0 Å². The summed E-state index contributed by atoms with van der Waals surface area (Å²) in [7, 11) is 1.98. The molecule has 2 rings (SSSR count). The fourth-order valence-corrected chi connectivity index (χ4v) is 2.60. The van der Waals surface area contributed by atoms with Crippen LogP contribution in [0.15, 0.2) is 30.3 Å². The number of likely N-dealkylation sites (tertiary alicyclic amines) is 1. The molecule has 0 saturated carbocycles. The van der Waals surface area contributed by atoms with Gasteiger partial charge in [-0.1, -0.05) is 30.3 Å². The smallest absolute Gasteiger partial charge is 0.248 e. The van der Waals surface area contributed by atoms with Gasteiger partial charge in [0.25, 0.3) is 0 Å². The van der Waals surface area contributed by atoms with Crippen LogP contribution in [0.25, 0.3) is 0 Å². The average molecular weight is 276 g/mol. The summed E-state index contributed by atoms with van der Waals surface area (Å²) in [5.41, 5.74) is 1.10. The molecule has 1 saturated heterocycles. The van der Waals surface area contributed by atoms with Crippen molar-refractivity contribution in [2.45, 2.75) is 19.4 Å². The predicted molar refractivity (Wildman–Crippen MR) is 79.3 cm³/mol. The van der Waals surface area contributed by atoms with Crippen molar-refractivity contribution in [2.75, 3.05) is 33.3 Å². The first-order valence-corrected chi connectivity index (χ1v) is 7.33. The number of piperidine rings is 1. The Morgan fingerprint density at radius 2 is 2.00 bits per heavy atom. The minimum Gasteiger partial charge on any atom is -0.367 e. The lowest BCUT2D eigenvalue weighted by atomic mass is 9.97. The molecule has 0 unspecified atom stereocenters. The van der Waals surface area contributed by atoms with Crippen LogP contribution in [0, 0.1) is 5.92 Å². The molecule has 20 heavy (non-hydrogen) atoms.